The number of aliphatic hydroxyl groups excluding tert-OH is 2. The molecular formula is C20H18O7. The van der Waals surface area contributed by atoms with Crippen LogP contribution in [0.5, 0.6) is 17.2 Å². The van der Waals surface area contributed by atoms with Crippen molar-refractivity contribution in [1.29, 1.82) is 0 Å². The fourth-order valence-corrected chi connectivity index (χ4v) is 4.23. The van der Waals surface area contributed by atoms with E-state index in [9.17, 15) is 35.1 Å². The van der Waals surface area contributed by atoms with Gasteiger partial charge in [-0.25, -0.2) is 0 Å². The highest BCUT2D eigenvalue weighted by Crippen LogP contribution is 2.53. The molecule has 0 radical (unpaired) electrons. The quantitative estimate of drug-likeness (QED) is 0.414. The standard InChI is InChI=1S/C20H18O7/c1-2-7-6-10(22)12-13(16(7)23)20(27)14-15(19(12)26)18(25)11-8(17(14)24)4-3-5-9(11)21/h3-5,7,10,16,21-23,26-27H,2,6H2,1H3. The van der Waals surface area contributed by atoms with Crippen LogP contribution in [0.4, 0.5) is 0 Å². The molecule has 3 atom stereocenters. The Hall–Kier alpha value is -2.90. The lowest BCUT2D eigenvalue weighted by Gasteiger charge is -2.35. The molecule has 0 amide bonds. The Balaban J connectivity index is 2.08. The molecule has 27 heavy (non-hydrogen) atoms. The second-order valence-corrected chi connectivity index (χ2v) is 7.00. The molecule has 7 heteroatoms. The number of rotatable bonds is 1. The third-order valence-electron chi connectivity index (χ3n) is 5.62. The average molecular weight is 370 g/mol. The number of ketones is 2. The number of aliphatic hydroxyl groups is 2. The molecule has 2 aliphatic rings. The van der Waals surface area contributed by atoms with E-state index in [1.807, 2.05) is 6.92 Å². The lowest BCUT2D eigenvalue weighted by atomic mass is 9.73. The summed E-state index contributed by atoms with van der Waals surface area (Å²) in [5.74, 6) is -3.62. The highest BCUT2D eigenvalue weighted by molar-refractivity contribution is 6.31. The van der Waals surface area contributed by atoms with E-state index < -0.39 is 52.1 Å². The maximum atomic E-state index is 12.9. The minimum absolute atomic E-state index is 0.0972. The predicted molar refractivity (Wildman–Crippen MR) is 93.1 cm³/mol. The number of carbonyl (C=O) groups excluding carboxylic acids is 2. The van der Waals surface area contributed by atoms with Gasteiger partial charge in [-0.05, 0) is 18.4 Å². The monoisotopic (exact) mass is 370 g/mol. The van der Waals surface area contributed by atoms with Crippen LogP contribution in [0.15, 0.2) is 18.2 Å². The highest BCUT2D eigenvalue weighted by atomic mass is 16.3. The van der Waals surface area contributed by atoms with Gasteiger partial charge in [-0.3, -0.25) is 9.59 Å². The van der Waals surface area contributed by atoms with Gasteiger partial charge >= 0.3 is 0 Å². The second-order valence-electron chi connectivity index (χ2n) is 7.00. The van der Waals surface area contributed by atoms with Crippen molar-refractivity contribution in [2.24, 2.45) is 5.92 Å². The molecule has 0 aromatic heterocycles. The third kappa shape index (κ3) is 2.15. The molecule has 140 valence electrons. The summed E-state index contributed by atoms with van der Waals surface area (Å²) in [5.41, 5.74) is -1.52. The Bertz CT molecular complexity index is 1010. The van der Waals surface area contributed by atoms with Crippen LogP contribution in [0.3, 0.4) is 0 Å². The lowest BCUT2D eigenvalue weighted by Crippen LogP contribution is -2.28. The molecule has 4 rings (SSSR count). The summed E-state index contributed by atoms with van der Waals surface area (Å²) >= 11 is 0. The molecule has 0 saturated carbocycles. The number of carbonyl (C=O) groups is 2. The van der Waals surface area contributed by atoms with Crippen LogP contribution < -0.4 is 0 Å². The van der Waals surface area contributed by atoms with Crippen LogP contribution in [0.1, 0.15) is 74.9 Å². The third-order valence-corrected chi connectivity index (χ3v) is 5.62. The van der Waals surface area contributed by atoms with E-state index in [0.29, 0.717) is 6.42 Å². The van der Waals surface area contributed by atoms with Crippen molar-refractivity contribution < 1.29 is 35.1 Å². The van der Waals surface area contributed by atoms with Crippen LogP contribution in [0.25, 0.3) is 0 Å². The highest BCUT2D eigenvalue weighted by Gasteiger charge is 2.44. The van der Waals surface area contributed by atoms with Gasteiger partial charge in [0.25, 0.3) is 0 Å². The molecule has 2 aliphatic carbocycles. The van der Waals surface area contributed by atoms with E-state index in [-0.39, 0.29) is 34.6 Å². The fourth-order valence-electron chi connectivity index (χ4n) is 4.23. The molecule has 3 unspecified atom stereocenters. The number of hydrogen-bond donors (Lipinski definition) is 5. The van der Waals surface area contributed by atoms with E-state index in [2.05, 4.69) is 0 Å². The molecule has 0 heterocycles. The van der Waals surface area contributed by atoms with Gasteiger partial charge in [0.15, 0.2) is 5.78 Å². The summed E-state index contributed by atoms with van der Waals surface area (Å²) in [7, 11) is 0. The first-order valence-corrected chi connectivity index (χ1v) is 8.68. The second kappa shape index (κ2) is 5.80. The van der Waals surface area contributed by atoms with Crippen molar-refractivity contribution in [2.75, 3.05) is 0 Å². The summed E-state index contributed by atoms with van der Waals surface area (Å²) in [6.45, 7) is 1.81. The maximum absolute atomic E-state index is 12.9. The summed E-state index contributed by atoms with van der Waals surface area (Å²) in [6.07, 6.45) is -1.75. The molecule has 5 N–H and O–H groups in total. The Morgan fingerprint density at radius 1 is 0.926 bits per heavy atom. The largest absolute Gasteiger partial charge is 0.507 e. The van der Waals surface area contributed by atoms with Crippen molar-refractivity contribution in [3.63, 3.8) is 0 Å². The zero-order valence-electron chi connectivity index (χ0n) is 14.4. The molecule has 2 aromatic rings. The number of phenols is 3. The van der Waals surface area contributed by atoms with Crippen LogP contribution >= 0.6 is 0 Å². The molecular weight excluding hydrogens is 352 g/mol. The minimum Gasteiger partial charge on any atom is -0.507 e. The number of phenolic OH excluding ortho intramolecular Hbond substituents is 3. The van der Waals surface area contributed by atoms with Crippen molar-refractivity contribution in [3.8, 4) is 17.2 Å². The topological polar surface area (TPSA) is 135 Å². The van der Waals surface area contributed by atoms with Crippen molar-refractivity contribution in [2.45, 2.75) is 32.0 Å². The van der Waals surface area contributed by atoms with Crippen molar-refractivity contribution >= 4 is 11.6 Å². The van der Waals surface area contributed by atoms with Gasteiger partial charge in [-0.15, -0.1) is 0 Å². The summed E-state index contributed by atoms with van der Waals surface area (Å²) in [5, 5.41) is 52.6. The van der Waals surface area contributed by atoms with Gasteiger partial charge in [0.1, 0.15) is 17.2 Å². The van der Waals surface area contributed by atoms with Gasteiger partial charge < -0.3 is 25.5 Å². The van der Waals surface area contributed by atoms with Crippen molar-refractivity contribution in [1.82, 2.24) is 0 Å². The number of hydrogen-bond acceptors (Lipinski definition) is 7. The fraction of sp³-hybridized carbons (Fsp3) is 0.300. The van der Waals surface area contributed by atoms with Gasteiger partial charge in [-0.1, -0.05) is 25.5 Å². The Labute approximate surface area is 154 Å². The van der Waals surface area contributed by atoms with Gasteiger partial charge in [0, 0.05) is 16.7 Å². The van der Waals surface area contributed by atoms with E-state index in [1.54, 1.807) is 0 Å². The van der Waals surface area contributed by atoms with Crippen molar-refractivity contribution in [3.05, 3.63) is 51.6 Å². The first-order valence-electron chi connectivity index (χ1n) is 8.68. The normalized spacial score (nSPS) is 23.6. The van der Waals surface area contributed by atoms with E-state index in [0.717, 1.165) is 0 Å². The predicted octanol–water partition coefficient (Wildman–Crippen LogP) is 2.08. The minimum atomic E-state index is -1.21. The average Bonchev–Trinajstić information content (AvgIpc) is 2.63. The van der Waals surface area contributed by atoms with E-state index >= 15 is 0 Å². The summed E-state index contributed by atoms with van der Waals surface area (Å²) < 4.78 is 0. The first kappa shape index (κ1) is 17.5. The van der Waals surface area contributed by atoms with E-state index in [4.69, 9.17) is 0 Å². The Kier molecular flexibility index (Phi) is 3.76. The number of aromatic hydroxyl groups is 3. The number of fused-ring (bicyclic) bond motifs is 3. The zero-order chi connectivity index (χ0) is 19.6. The molecule has 0 aliphatic heterocycles. The first-order chi connectivity index (χ1) is 12.8. The molecule has 2 aromatic carbocycles. The Morgan fingerprint density at radius 3 is 2.22 bits per heavy atom. The molecule has 0 spiro atoms. The van der Waals surface area contributed by atoms with Crippen LogP contribution in [0.2, 0.25) is 0 Å². The lowest BCUT2D eigenvalue weighted by molar-refractivity contribution is 0.0333. The molecule has 0 fully saturated rings. The Morgan fingerprint density at radius 2 is 1.56 bits per heavy atom. The molecule has 0 bridgehead atoms. The van der Waals surface area contributed by atoms with Crippen LogP contribution in [-0.4, -0.2) is 37.1 Å². The summed E-state index contributed by atoms with van der Waals surface area (Å²) in [4.78, 5) is 25.8. The maximum Gasteiger partial charge on any atom is 0.202 e. The number of benzene rings is 2. The van der Waals surface area contributed by atoms with Gasteiger partial charge in [0.2, 0.25) is 5.78 Å². The van der Waals surface area contributed by atoms with Crippen LogP contribution in [-0.2, 0) is 0 Å². The molecule has 0 saturated heterocycles. The van der Waals surface area contributed by atoms with Gasteiger partial charge in [0.05, 0.1) is 28.9 Å². The zero-order valence-corrected chi connectivity index (χ0v) is 14.4. The SMILES string of the molecule is CCC1CC(O)c2c(O)c3c(c(O)c2C1O)C(=O)c1cccc(O)c1C3=O. The van der Waals surface area contributed by atoms with E-state index in [1.165, 1.54) is 18.2 Å². The summed E-state index contributed by atoms with van der Waals surface area (Å²) in [6, 6.07) is 3.98. The molecule has 7 nitrogen and oxygen atoms in total. The smallest absolute Gasteiger partial charge is 0.202 e. The van der Waals surface area contributed by atoms with Crippen LogP contribution in [0, 0.1) is 5.92 Å². The van der Waals surface area contributed by atoms with Gasteiger partial charge in [-0.2, -0.15) is 0 Å².